The minimum Gasteiger partial charge on any atom is -0.497 e. The highest BCUT2D eigenvalue weighted by atomic mass is 32.1. The second-order valence-corrected chi connectivity index (χ2v) is 11.4. The van der Waals surface area contributed by atoms with Crippen molar-refractivity contribution in [1.82, 2.24) is 4.57 Å². The zero-order valence-corrected chi connectivity index (χ0v) is 26.4. The summed E-state index contributed by atoms with van der Waals surface area (Å²) in [6.45, 7) is 3.79. The first kappa shape index (κ1) is 30.5. The number of benzene rings is 3. The standard InChI is InChI=1S/C36H30N2O7S/c1-5-44-35(41)30-31(22-9-7-6-8-10-22)37-36-38(32(30)23-11-14-25(42-3)15-12-23)33(39)29(46-36)20-26-16-18-28(45-26)27-17-13-24(19-21(27)2)34(40)43-4/h6-20,32H,5H2,1-4H3/b29-20+/t32-/m1/s1. The van der Waals surface area contributed by atoms with Crippen LogP contribution in [0.25, 0.3) is 23.1 Å². The molecule has 10 heteroatoms. The summed E-state index contributed by atoms with van der Waals surface area (Å²) in [6, 6.07) is 24.7. The van der Waals surface area contributed by atoms with Crippen LogP contribution < -0.4 is 19.6 Å². The SMILES string of the molecule is CCOC(=O)C1=C(c2ccccc2)N=c2s/c(=C/c3ccc(-c4ccc(C(=O)OC)cc4C)o3)c(=O)n2[C@@H]1c1ccc(OC)cc1. The molecule has 0 aliphatic carbocycles. The Morgan fingerprint density at radius 2 is 1.74 bits per heavy atom. The van der Waals surface area contributed by atoms with Crippen LogP contribution in [-0.2, 0) is 14.3 Å². The van der Waals surface area contributed by atoms with Crippen molar-refractivity contribution in [2.45, 2.75) is 19.9 Å². The number of furan rings is 1. The molecule has 3 heterocycles. The number of esters is 2. The predicted octanol–water partition coefficient (Wildman–Crippen LogP) is 5.30. The Hall–Kier alpha value is -5.48. The third-order valence-electron chi connectivity index (χ3n) is 7.62. The lowest BCUT2D eigenvalue weighted by Gasteiger charge is -2.26. The highest BCUT2D eigenvalue weighted by Gasteiger charge is 2.35. The second-order valence-electron chi connectivity index (χ2n) is 10.4. The Balaban J connectivity index is 1.51. The summed E-state index contributed by atoms with van der Waals surface area (Å²) in [7, 11) is 2.92. The van der Waals surface area contributed by atoms with Gasteiger partial charge in [0.1, 0.15) is 17.3 Å². The summed E-state index contributed by atoms with van der Waals surface area (Å²) in [5, 5.41) is 0. The van der Waals surface area contributed by atoms with E-state index in [0.29, 0.717) is 43.4 Å². The third-order valence-corrected chi connectivity index (χ3v) is 8.60. The van der Waals surface area contributed by atoms with Crippen molar-refractivity contribution in [3.63, 3.8) is 0 Å². The molecule has 3 aromatic carbocycles. The highest BCUT2D eigenvalue weighted by molar-refractivity contribution is 7.07. The van der Waals surface area contributed by atoms with Crippen molar-refractivity contribution in [3.8, 4) is 17.1 Å². The van der Waals surface area contributed by atoms with Crippen molar-refractivity contribution in [2.75, 3.05) is 20.8 Å². The van der Waals surface area contributed by atoms with Gasteiger partial charge in [0.05, 0.1) is 48.2 Å². The molecule has 0 bridgehead atoms. The number of methoxy groups -OCH3 is 2. The molecule has 0 fully saturated rings. The third kappa shape index (κ3) is 5.70. The van der Waals surface area contributed by atoms with Crippen LogP contribution in [0.3, 0.4) is 0 Å². The number of rotatable bonds is 8. The average Bonchev–Trinajstić information content (AvgIpc) is 3.67. The van der Waals surface area contributed by atoms with Crippen LogP contribution in [0.2, 0.25) is 0 Å². The Labute approximate surface area is 268 Å². The van der Waals surface area contributed by atoms with E-state index in [4.69, 9.17) is 23.6 Å². The molecule has 2 aromatic heterocycles. The molecule has 0 radical (unpaired) electrons. The largest absolute Gasteiger partial charge is 0.497 e. The van der Waals surface area contributed by atoms with E-state index in [9.17, 15) is 14.4 Å². The summed E-state index contributed by atoms with van der Waals surface area (Å²) in [4.78, 5) is 45.0. The summed E-state index contributed by atoms with van der Waals surface area (Å²) in [5.41, 5.74) is 3.90. The van der Waals surface area contributed by atoms with Crippen molar-refractivity contribution in [1.29, 1.82) is 0 Å². The molecule has 6 rings (SSSR count). The first-order chi connectivity index (χ1) is 22.3. The number of aromatic nitrogens is 1. The van der Waals surface area contributed by atoms with Gasteiger partial charge in [0.25, 0.3) is 5.56 Å². The second kappa shape index (κ2) is 12.9. The van der Waals surface area contributed by atoms with Crippen LogP contribution >= 0.6 is 11.3 Å². The van der Waals surface area contributed by atoms with Crippen LogP contribution in [0.5, 0.6) is 5.75 Å². The molecule has 1 atom stereocenters. The number of thiazole rings is 1. The molecule has 0 saturated heterocycles. The number of aryl methyl sites for hydroxylation is 1. The van der Waals surface area contributed by atoms with Crippen LogP contribution in [0, 0.1) is 6.92 Å². The van der Waals surface area contributed by atoms with Gasteiger partial charge in [-0.2, -0.15) is 0 Å². The van der Waals surface area contributed by atoms with E-state index in [1.165, 1.54) is 23.0 Å². The first-order valence-electron chi connectivity index (χ1n) is 14.5. The number of ether oxygens (including phenoxy) is 3. The highest BCUT2D eigenvalue weighted by Crippen LogP contribution is 2.36. The van der Waals surface area contributed by atoms with Gasteiger partial charge in [-0.25, -0.2) is 14.6 Å². The first-order valence-corrected chi connectivity index (χ1v) is 15.4. The maximum Gasteiger partial charge on any atom is 0.338 e. The van der Waals surface area contributed by atoms with E-state index in [2.05, 4.69) is 0 Å². The predicted molar refractivity (Wildman–Crippen MR) is 174 cm³/mol. The van der Waals surface area contributed by atoms with Crippen LogP contribution in [0.1, 0.15) is 45.8 Å². The van der Waals surface area contributed by atoms with Gasteiger partial charge in [-0.05, 0) is 61.4 Å². The molecule has 1 aliphatic heterocycles. The quantitative estimate of drug-likeness (QED) is 0.213. The maximum absolute atomic E-state index is 14.2. The van der Waals surface area contributed by atoms with Gasteiger partial charge in [0.2, 0.25) is 0 Å². The zero-order valence-electron chi connectivity index (χ0n) is 25.6. The van der Waals surface area contributed by atoms with E-state index >= 15 is 0 Å². The van der Waals surface area contributed by atoms with Gasteiger partial charge in [-0.3, -0.25) is 9.36 Å². The van der Waals surface area contributed by atoms with E-state index in [-0.39, 0.29) is 17.7 Å². The smallest absolute Gasteiger partial charge is 0.338 e. The van der Waals surface area contributed by atoms with Gasteiger partial charge in [-0.15, -0.1) is 0 Å². The summed E-state index contributed by atoms with van der Waals surface area (Å²) in [5.74, 6) is 0.722. The zero-order chi connectivity index (χ0) is 32.4. The molecular weight excluding hydrogens is 604 g/mol. The summed E-state index contributed by atoms with van der Waals surface area (Å²) in [6.07, 6.45) is 1.67. The van der Waals surface area contributed by atoms with Crippen LogP contribution in [0.4, 0.5) is 0 Å². The summed E-state index contributed by atoms with van der Waals surface area (Å²) < 4.78 is 23.8. The van der Waals surface area contributed by atoms with Crippen molar-refractivity contribution >= 4 is 35.0 Å². The maximum atomic E-state index is 14.2. The molecule has 0 spiro atoms. The molecule has 0 amide bonds. The topological polar surface area (TPSA) is 109 Å². The lowest BCUT2D eigenvalue weighted by molar-refractivity contribution is -0.138. The van der Waals surface area contributed by atoms with Gasteiger partial charge >= 0.3 is 11.9 Å². The fourth-order valence-electron chi connectivity index (χ4n) is 5.43. The minimum atomic E-state index is -0.804. The van der Waals surface area contributed by atoms with Gasteiger partial charge in [-0.1, -0.05) is 59.9 Å². The lowest BCUT2D eigenvalue weighted by Crippen LogP contribution is -2.40. The van der Waals surface area contributed by atoms with E-state index in [1.807, 2.05) is 55.5 Å². The van der Waals surface area contributed by atoms with Crippen molar-refractivity contribution in [3.05, 3.63) is 138 Å². The number of hydrogen-bond donors (Lipinski definition) is 0. The average molecular weight is 635 g/mol. The minimum absolute atomic E-state index is 0.163. The van der Waals surface area contributed by atoms with E-state index in [0.717, 1.165) is 16.7 Å². The van der Waals surface area contributed by atoms with E-state index in [1.54, 1.807) is 56.5 Å². The Bertz CT molecular complexity index is 2160. The monoisotopic (exact) mass is 634 g/mol. The molecule has 0 unspecified atom stereocenters. The molecule has 0 N–H and O–H groups in total. The molecule has 46 heavy (non-hydrogen) atoms. The molecule has 9 nitrogen and oxygen atoms in total. The Kier molecular flexibility index (Phi) is 8.54. The lowest BCUT2D eigenvalue weighted by atomic mass is 9.93. The van der Waals surface area contributed by atoms with Gasteiger partial charge < -0.3 is 18.6 Å². The summed E-state index contributed by atoms with van der Waals surface area (Å²) >= 11 is 1.21. The number of carbonyl (C=O) groups excluding carboxylic acids is 2. The number of carbonyl (C=O) groups is 2. The normalized spacial score (nSPS) is 14.4. The number of fused-ring (bicyclic) bond motifs is 1. The van der Waals surface area contributed by atoms with Crippen LogP contribution in [0.15, 0.2) is 105 Å². The van der Waals surface area contributed by atoms with E-state index < -0.39 is 18.0 Å². The molecule has 5 aromatic rings. The van der Waals surface area contributed by atoms with Gasteiger partial charge in [0, 0.05) is 17.2 Å². The van der Waals surface area contributed by atoms with Crippen molar-refractivity contribution < 1.29 is 28.2 Å². The molecule has 0 saturated carbocycles. The number of hydrogen-bond acceptors (Lipinski definition) is 9. The fourth-order valence-corrected chi connectivity index (χ4v) is 6.41. The number of nitrogens with zero attached hydrogens (tertiary/aromatic N) is 2. The molecule has 232 valence electrons. The molecule has 1 aliphatic rings. The van der Waals surface area contributed by atoms with Crippen LogP contribution in [-0.4, -0.2) is 37.3 Å². The Morgan fingerprint density at radius 1 is 0.978 bits per heavy atom. The fraction of sp³-hybridized carbons (Fsp3) is 0.167. The Morgan fingerprint density at radius 3 is 2.41 bits per heavy atom. The van der Waals surface area contributed by atoms with Crippen molar-refractivity contribution in [2.24, 2.45) is 4.99 Å². The molecular formula is C36H30N2O7S. The van der Waals surface area contributed by atoms with Gasteiger partial charge in [0.15, 0.2) is 4.80 Å².